The predicted molar refractivity (Wildman–Crippen MR) is 153 cm³/mol. The first-order valence-corrected chi connectivity index (χ1v) is 14.2. The SMILES string of the molecule is CCN(CCO)CCNC(=O)[C@@H]1N[C@H](CC(C)(C)C)[C@]2(C(=O)Nc3cc(Cl)c(F)cc32)[C@H]1c1ccc(F)c(Cl)c1. The summed E-state index contributed by atoms with van der Waals surface area (Å²) in [6.07, 6.45) is 0.472. The fourth-order valence-corrected chi connectivity index (χ4v) is 6.51. The monoisotopic (exact) mass is 596 g/mol. The van der Waals surface area contributed by atoms with Crippen LogP contribution in [0, 0.1) is 17.0 Å². The van der Waals surface area contributed by atoms with Crippen molar-refractivity contribution in [2.24, 2.45) is 5.41 Å². The highest BCUT2D eigenvalue weighted by Gasteiger charge is 2.65. The van der Waals surface area contributed by atoms with Crippen molar-refractivity contribution in [3.63, 3.8) is 0 Å². The number of anilines is 1. The van der Waals surface area contributed by atoms with Crippen LogP contribution in [0.4, 0.5) is 14.5 Å². The molecule has 0 bridgehead atoms. The molecule has 2 heterocycles. The number of rotatable bonds is 9. The van der Waals surface area contributed by atoms with E-state index in [2.05, 4.69) is 16.0 Å². The van der Waals surface area contributed by atoms with Gasteiger partial charge in [0.15, 0.2) is 0 Å². The van der Waals surface area contributed by atoms with Crippen molar-refractivity contribution < 1.29 is 23.5 Å². The molecule has 2 aromatic rings. The minimum absolute atomic E-state index is 0.00542. The number of hydrogen-bond donors (Lipinski definition) is 4. The lowest BCUT2D eigenvalue weighted by Crippen LogP contribution is -2.49. The molecule has 4 atom stereocenters. The average Bonchev–Trinajstić information content (AvgIpc) is 3.34. The Balaban J connectivity index is 1.85. The van der Waals surface area contributed by atoms with Crippen LogP contribution in [0.2, 0.25) is 10.0 Å². The Morgan fingerprint density at radius 1 is 1.12 bits per heavy atom. The van der Waals surface area contributed by atoms with Gasteiger partial charge in [-0.05, 0) is 53.8 Å². The molecule has 0 saturated carbocycles. The largest absolute Gasteiger partial charge is 0.395 e. The molecule has 2 amide bonds. The number of aliphatic hydroxyl groups excluding tert-OH is 1. The molecule has 2 aliphatic heterocycles. The number of nitrogens with zero attached hydrogens (tertiary/aromatic N) is 1. The normalized spacial score (nSPS) is 24.1. The highest BCUT2D eigenvalue weighted by molar-refractivity contribution is 6.31. The average molecular weight is 598 g/mol. The minimum Gasteiger partial charge on any atom is -0.395 e. The van der Waals surface area contributed by atoms with Crippen LogP contribution in [0.1, 0.15) is 51.2 Å². The van der Waals surface area contributed by atoms with Crippen molar-refractivity contribution >= 4 is 40.7 Å². The Bertz CT molecular complexity index is 1290. The van der Waals surface area contributed by atoms with Gasteiger partial charge in [0.1, 0.15) is 17.0 Å². The summed E-state index contributed by atoms with van der Waals surface area (Å²) in [6.45, 7) is 10.1. The summed E-state index contributed by atoms with van der Waals surface area (Å²) in [6, 6.07) is 5.31. The van der Waals surface area contributed by atoms with Gasteiger partial charge in [0, 0.05) is 37.3 Å². The lowest BCUT2D eigenvalue weighted by molar-refractivity contribution is -0.123. The van der Waals surface area contributed by atoms with E-state index in [1.165, 1.54) is 30.3 Å². The van der Waals surface area contributed by atoms with E-state index in [9.17, 15) is 23.5 Å². The van der Waals surface area contributed by atoms with Gasteiger partial charge >= 0.3 is 0 Å². The molecule has 0 aromatic heterocycles. The van der Waals surface area contributed by atoms with Crippen LogP contribution < -0.4 is 16.0 Å². The highest BCUT2D eigenvalue weighted by Crippen LogP contribution is 2.57. The Morgan fingerprint density at radius 3 is 2.45 bits per heavy atom. The summed E-state index contributed by atoms with van der Waals surface area (Å²) < 4.78 is 29.2. The van der Waals surface area contributed by atoms with Crippen molar-refractivity contribution in [1.29, 1.82) is 0 Å². The van der Waals surface area contributed by atoms with Crippen LogP contribution in [0.5, 0.6) is 0 Å². The van der Waals surface area contributed by atoms with Crippen LogP contribution in [0.15, 0.2) is 30.3 Å². The lowest BCUT2D eigenvalue weighted by Gasteiger charge is -2.37. The Labute approximate surface area is 243 Å². The van der Waals surface area contributed by atoms with Gasteiger partial charge in [0.2, 0.25) is 11.8 Å². The van der Waals surface area contributed by atoms with E-state index in [-0.39, 0.29) is 28.0 Å². The number of benzene rings is 2. The molecule has 7 nitrogen and oxygen atoms in total. The van der Waals surface area contributed by atoms with Crippen LogP contribution in [-0.2, 0) is 15.0 Å². The number of likely N-dealkylation sites (N-methyl/N-ethyl adjacent to an activating group) is 1. The molecule has 0 aliphatic carbocycles. The number of nitrogens with one attached hydrogen (secondary N) is 3. The molecular formula is C29H36Cl2F2N4O3. The first kappa shape index (κ1) is 30.7. The van der Waals surface area contributed by atoms with Gasteiger partial charge in [-0.1, -0.05) is 57.0 Å². The van der Waals surface area contributed by atoms with Gasteiger partial charge < -0.3 is 21.1 Å². The van der Waals surface area contributed by atoms with E-state index >= 15 is 0 Å². The minimum atomic E-state index is -1.41. The third-order valence-corrected chi connectivity index (χ3v) is 8.46. The van der Waals surface area contributed by atoms with Gasteiger partial charge in [0.05, 0.1) is 22.7 Å². The number of hydrogen-bond acceptors (Lipinski definition) is 5. The van der Waals surface area contributed by atoms with Crippen molar-refractivity contribution in [3.8, 4) is 0 Å². The third kappa shape index (κ3) is 5.72. The molecule has 1 fully saturated rings. The topological polar surface area (TPSA) is 93.7 Å². The van der Waals surface area contributed by atoms with Crippen LogP contribution in [0.3, 0.4) is 0 Å². The van der Waals surface area contributed by atoms with Gasteiger partial charge in [-0.15, -0.1) is 0 Å². The summed E-state index contributed by atoms with van der Waals surface area (Å²) in [4.78, 5) is 29.9. The summed E-state index contributed by atoms with van der Waals surface area (Å²) in [5.74, 6) is -2.91. The maximum absolute atomic E-state index is 15.0. The first-order valence-electron chi connectivity index (χ1n) is 13.5. The number of carbonyl (C=O) groups is 2. The quantitative estimate of drug-likeness (QED) is 0.343. The standard InChI is InChI=1S/C29H36Cl2F2N4O3/c1-5-37(10-11-38)9-8-34-26(39)25-24(16-6-7-20(32)18(30)12-16)29(23(36-25)15-28(2,3)4)17-13-21(33)19(31)14-22(17)35-27(29)40/h6-7,12-14,23-25,36,38H,5,8-11,15H2,1-4H3,(H,34,39)(H,35,40)/t23-,24+,25-,29+/m1/s1. The van der Waals surface area contributed by atoms with Crippen molar-refractivity contribution in [1.82, 2.24) is 15.5 Å². The fraction of sp³-hybridized carbons (Fsp3) is 0.517. The summed E-state index contributed by atoms with van der Waals surface area (Å²) >= 11 is 12.3. The number of fused-ring (bicyclic) bond motifs is 2. The van der Waals surface area contributed by atoms with E-state index in [0.29, 0.717) is 49.4 Å². The van der Waals surface area contributed by atoms with Gasteiger partial charge in [-0.25, -0.2) is 8.78 Å². The van der Waals surface area contributed by atoms with Crippen LogP contribution in [0.25, 0.3) is 0 Å². The molecule has 4 N–H and O–H groups in total. The molecule has 2 aliphatic rings. The summed E-state index contributed by atoms with van der Waals surface area (Å²) in [7, 11) is 0. The second-order valence-electron chi connectivity index (χ2n) is 11.7. The zero-order chi connectivity index (χ0) is 29.4. The zero-order valence-electron chi connectivity index (χ0n) is 23.1. The highest BCUT2D eigenvalue weighted by atomic mass is 35.5. The van der Waals surface area contributed by atoms with E-state index in [0.717, 1.165) is 0 Å². The number of carbonyl (C=O) groups excluding carboxylic acids is 2. The molecule has 2 aromatic carbocycles. The molecule has 11 heteroatoms. The molecule has 0 radical (unpaired) electrons. The molecule has 4 rings (SSSR count). The lowest BCUT2D eigenvalue weighted by atomic mass is 9.62. The molecule has 218 valence electrons. The van der Waals surface area contributed by atoms with Crippen molar-refractivity contribution in [3.05, 3.63) is 63.1 Å². The third-order valence-electron chi connectivity index (χ3n) is 7.88. The molecule has 1 saturated heterocycles. The maximum atomic E-state index is 15.0. The second kappa shape index (κ2) is 11.9. The maximum Gasteiger partial charge on any atom is 0.237 e. The first-order chi connectivity index (χ1) is 18.8. The number of aliphatic hydroxyl groups is 1. The van der Waals surface area contributed by atoms with E-state index in [1.54, 1.807) is 0 Å². The van der Waals surface area contributed by atoms with Crippen molar-refractivity contribution in [2.45, 2.75) is 57.5 Å². The smallest absolute Gasteiger partial charge is 0.237 e. The molecule has 0 unspecified atom stereocenters. The molecule has 1 spiro atoms. The molecule has 40 heavy (non-hydrogen) atoms. The van der Waals surface area contributed by atoms with Crippen LogP contribution in [-0.4, -0.2) is 66.7 Å². The zero-order valence-corrected chi connectivity index (χ0v) is 24.6. The van der Waals surface area contributed by atoms with E-state index in [1.807, 2.05) is 32.6 Å². The molecular weight excluding hydrogens is 561 g/mol. The van der Waals surface area contributed by atoms with Gasteiger partial charge in [-0.2, -0.15) is 0 Å². The number of halogens is 4. The fourth-order valence-electron chi connectivity index (χ4n) is 6.16. The van der Waals surface area contributed by atoms with E-state index in [4.69, 9.17) is 23.2 Å². The van der Waals surface area contributed by atoms with Crippen molar-refractivity contribution in [2.75, 3.05) is 38.1 Å². The predicted octanol–water partition coefficient (Wildman–Crippen LogP) is 4.45. The summed E-state index contributed by atoms with van der Waals surface area (Å²) in [5, 5.41) is 18.3. The second-order valence-corrected chi connectivity index (χ2v) is 12.5. The van der Waals surface area contributed by atoms with E-state index < -0.39 is 41.0 Å². The van der Waals surface area contributed by atoms with Gasteiger partial charge in [0.25, 0.3) is 0 Å². The Morgan fingerprint density at radius 2 is 1.82 bits per heavy atom. The Hall–Kier alpha value is -2.30. The van der Waals surface area contributed by atoms with Gasteiger partial charge in [-0.3, -0.25) is 14.5 Å². The Kier molecular flexibility index (Phi) is 9.12. The number of amides is 2. The van der Waals surface area contributed by atoms with Crippen LogP contribution >= 0.6 is 23.2 Å². The summed E-state index contributed by atoms with van der Waals surface area (Å²) in [5.41, 5.74) is -0.449.